The number of anilines is 1. The summed E-state index contributed by atoms with van der Waals surface area (Å²) in [6.45, 7) is 1.10. The van der Waals surface area contributed by atoms with Crippen molar-refractivity contribution in [2.75, 3.05) is 17.6 Å². The van der Waals surface area contributed by atoms with E-state index in [4.69, 9.17) is 0 Å². The first kappa shape index (κ1) is 7.99. The van der Waals surface area contributed by atoms with Crippen LogP contribution in [0.1, 0.15) is 11.1 Å². The number of hydrogen-bond acceptors (Lipinski definition) is 2. The molecule has 1 aliphatic heterocycles. The maximum absolute atomic E-state index is 4.22. The fourth-order valence-electron chi connectivity index (χ4n) is 1.64. The van der Waals surface area contributed by atoms with Crippen molar-refractivity contribution in [1.29, 1.82) is 0 Å². The molecule has 2 rings (SSSR count). The van der Waals surface area contributed by atoms with Crippen LogP contribution in [0, 0.1) is 0 Å². The highest BCUT2D eigenvalue weighted by atomic mass is 32.1. The van der Waals surface area contributed by atoms with E-state index in [0.29, 0.717) is 0 Å². The van der Waals surface area contributed by atoms with Gasteiger partial charge in [-0.2, -0.15) is 12.6 Å². The summed E-state index contributed by atoms with van der Waals surface area (Å²) in [5.74, 6) is 0.937. The second kappa shape index (κ2) is 3.40. The Bertz CT molecular complexity index is 283. The molecule has 12 heavy (non-hydrogen) atoms. The minimum Gasteiger partial charge on any atom is -0.384 e. The zero-order valence-electron chi connectivity index (χ0n) is 7.01. The van der Waals surface area contributed by atoms with E-state index in [0.717, 1.165) is 18.7 Å². The molecule has 0 saturated carbocycles. The normalized spacial score (nSPS) is 14.1. The summed E-state index contributed by atoms with van der Waals surface area (Å²) < 4.78 is 0. The molecule has 2 heteroatoms. The van der Waals surface area contributed by atoms with Gasteiger partial charge in [-0.05, 0) is 35.8 Å². The van der Waals surface area contributed by atoms with Crippen LogP contribution in [0.5, 0.6) is 0 Å². The first-order chi connectivity index (χ1) is 5.90. The molecule has 0 unspecified atom stereocenters. The van der Waals surface area contributed by atoms with Gasteiger partial charge in [0, 0.05) is 12.2 Å². The number of benzene rings is 1. The highest BCUT2D eigenvalue weighted by molar-refractivity contribution is 7.80. The van der Waals surface area contributed by atoms with E-state index in [9.17, 15) is 0 Å². The molecule has 0 bridgehead atoms. The average molecular weight is 179 g/mol. The Kier molecular flexibility index (Phi) is 2.26. The van der Waals surface area contributed by atoms with Crippen molar-refractivity contribution in [1.82, 2.24) is 0 Å². The van der Waals surface area contributed by atoms with Gasteiger partial charge in [0.2, 0.25) is 0 Å². The fourth-order valence-corrected chi connectivity index (χ4v) is 1.90. The third-order valence-electron chi connectivity index (χ3n) is 2.28. The van der Waals surface area contributed by atoms with Gasteiger partial charge in [-0.3, -0.25) is 0 Å². The lowest BCUT2D eigenvalue weighted by molar-refractivity contribution is 1.09. The number of fused-ring (bicyclic) bond motifs is 1. The summed E-state index contributed by atoms with van der Waals surface area (Å²) in [5, 5.41) is 3.35. The SMILES string of the molecule is SCCc1ccc2c(c1)CCN2. The predicted octanol–water partition coefficient (Wildman–Crippen LogP) is 2.13. The highest BCUT2D eigenvalue weighted by Crippen LogP contribution is 2.23. The Morgan fingerprint density at radius 2 is 2.33 bits per heavy atom. The molecule has 1 N–H and O–H groups in total. The third-order valence-corrected chi connectivity index (χ3v) is 2.50. The summed E-state index contributed by atoms with van der Waals surface area (Å²) >= 11 is 4.22. The van der Waals surface area contributed by atoms with Crippen molar-refractivity contribution in [3.05, 3.63) is 29.3 Å². The van der Waals surface area contributed by atoms with Gasteiger partial charge in [-0.1, -0.05) is 12.1 Å². The highest BCUT2D eigenvalue weighted by Gasteiger charge is 2.08. The van der Waals surface area contributed by atoms with Gasteiger partial charge < -0.3 is 5.32 Å². The van der Waals surface area contributed by atoms with Crippen LogP contribution in [-0.4, -0.2) is 12.3 Å². The van der Waals surface area contributed by atoms with Gasteiger partial charge in [0.25, 0.3) is 0 Å². The Balaban J connectivity index is 2.26. The molecule has 64 valence electrons. The molecule has 1 aromatic carbocycles. The van der Waals surface area contributed by atoms with Crippen LogP contribution in [0.2, 0.25) is 0 Å². The second-order valence-corrected chi connectivity index (χ2v) is 3.59. The lowest BCUT2D eigenvalue weighted by Crippen LogP contribution is -1.90. The Hall–Kier alpha value is -0.630. The smallest absolute Gasteiger partial charge is 0.0373 e. The molecule has 0 radical (unpaired) electrons. The molecule has 0 aromatic heterocycles. The van der Waals surface area contributed by atoms with E-state index >= 15 is 0 Å². The number of rotatable bonds is 2. The monoisotopic (exact) mass is 179 g/mol. The van der Waals surface area contributed by atoms with Gasteiger partial charge in [0.05, 0.1) is 0 Å². The molecule has 0 amide bonds. The largest absolute Gasteiger partial charge is 0.384 e. The summed E-state index contributed by atoms with van der Waals surface area (Å²) in [6, 6.07) is 6.67. The van der Waals surface area contributed by atoms with Crippen molar-refractivity contribution >= 4 is 18.3 Å². The van der Waals surface area contributed by atoms with Gasteiger partial charge in [-0.25, -0.2) is 0 Å². The van der Waals surface area contributed by atoms with Crippen LogP contribution in [0.3, 0.4) is 0 Å². The third kappa shape index (κ3) is 1.44. The fraction of sp³-hybridized carbons (Fsp3) is 0.400. The Morgan fingerprint density at radius 1 is 1.42 bits per heavy atom. The second-order valence-electron chi connectivity index (χ2n) is 3.14. The molecule has 1 aliphatic rings. The topological polar surface area (TPSA) is 12.0 Å². The van der Waals surface area contributed by atoms with Crippen LogP contribution >= 0.6 is 12.6 Å². The first-order valence-electron chi connectivity index (χ1n) is 4.36. The van der Waals surface area contributed by atoms with E-state index < -0.39 is 0 Å². The number of aryl methyl sites for hydroxylation is 1. The summed E-state index contributed by atoms with van der Waals surface area (Å²) in [4.78, 5) is 0. The van der Waals surface area contributed by atoms with E-state index in [1.165, 1.54) is 23.2 Å². The Morgan fingerprint density at radius 3 is 3.17 bits per heavy atom. The van der Waals surface area contributed by atoms with E-state index in [-0.39, 0.29) is 0 Å². The molecule has 0 saturated heterocycles. The molecule has 0 aliphatic carbocycles. The maximum atomic E-state index is 4.22. The van der Waals surface area contributed by atoms with E-state index in [2.05, 4.69) is 36.1 Å². The maximum Gasteiger partial charge on any atom is 0.0373 e. The summed E-state index contributed by atoms with van der Waals surface area (Å²) in [5.41, 5.74) is 4.19. The number of hydrogen-bond donors (Lipinski definition) is 2. The van der Waals surface area contributed by atoms with Crippen LogP contribution in [-0.2, 0) is 12.8 Å². The van der Waals surface area contributed by atoms with E-state index in [1.54, 1.807) is 0 Å². The quantitative estimate of drug-likeness (QED) is 0.663. The minimum absolute atomic E-state index is 0.937. The Labute approximate surface area is 78.6 Å². The van der Waals surface area contributed by atoms with Crippen LogP contribution in [0.25, 0.3) is 0 Å². The molecule has 0 atom stereocenters. The summed E-state index contributed by atoms with van der Waals surface area (Å²) in [7, 11) is 0. The zero-order valence-corrected chi connectivity index (χ0v) is 7.90. The van der Waals surface area contributed by atoms with Gasteiger partial charge in [0.15, 0.2) is 0 Å². The average Bonchev–Trinajstić information content (AvgIpc) is 2.51. The molecular formula is C10H13NS. The first-order valence-corrected chi connectivity index (χ1v) is 5.00. The lowest BCUT2D eigenvalue weighted by atomic mass is 10.1. The standard InChI is InChI=1S/C10H13NS/c12-6-4-8-1-2-10-9(7-8)3-5-11-10/h1-2,7,11-12H,3-6H2. The van der Waals surface area contributed by atoms with Crippen molar-refractivity contribution in [3.8, 4) is 0 Å². The van der Waals surface area contributed by atoms with Crippen LogP contribution in [0.15, 0.2) is 18.2 Å². The molecule has 0 fully saturated rings. The van der Waals surface area contributed by atoms with Crippen molar-refractivity contribution in [2.24, 2.45) is 0 Å². The van der Waals surface area contributed by atoms with Gasteiger partial charge in [0.1, 0.15) is 0 Å². The van der Waals surface area contributed by atoms with Crippen molar-refractivity contribution < 1.29 is 0 Å². The van der Waals surface area contributed by atoms with Crippen molar-refractivity contribution in [3.63, 3.8) is 0 Å². The molecule has 1 nitrogen and oxygen atoms in total. The zero-order chi connectivity index (χ0) is 8.39. The molecule has 0 spiro atoms. The van der Waals surface area contributed by atoms with E-state index in [1.807, 2.05) is 0 Å². The lowest BCUT2D eigenvalue weighted by Gasteiger charge is -2.02. The van der Waals surface area contributed by atoms with Gasteiger partial charge >= 0.3 is 0 Å². The van der Waals surface area contributed by atoms with Crippen molar-refractivity contribution in [2.45, 2.75) is 12.8 Å². The molecule has 1 aromatic rings. The predicted molar refractivity (Wildman–Crippen MR) is 56.2 cm³/mol. The number of nitrogens with one attached hydrogen (secondary N) is 1. The minimum atomic E-state index is 0.937. The van der Waals surface area contributed by atoms with Gasteiger partial charge in [-0.15, -0.1) is 0 Å². The number of thiol groups is 1. The van der Waals surface area contributed by atoms with Crippen LogP contribution < -0.4 is 5.32 Å². The molecular weight excluding hydrogens is 166 g/mol. The summed E-state index contributed by atoms with van der Waals surface area (Å²) in [6.07, 6.45) is 2.26. The molecule has 1 heterocycles. The van der Waals surface area contributed by atoms with Crippen LogP contribution in [0.4, 0.5) is 5.69 Å².